The van der Waals surface area contributed by atoms with E-state index in [1.54, 1.807) is 7.05 Å². The predicted molar refractivity (Wildman–Crippen MR) is 30.4 cm³/mol. The Labute approximate surface area is 48.9 Å². The van der Waals surface area contributed by atoms with Crippen molar-refractivity contribution in [3.63, 3.8) is 0 Å². The van der Waals surface area contributed by atoms with Crippen LogP contribution in [-0.4, -0.2) is 36.6 Å². The fourth-order valence-electron chi connectivity index (χ4n) is 0.373. The largest absolute Gasteiger partial charge is 0.396 e. The molecule has 0 aromatic heterocycles. The number of carbonyl (C=O) groups is 1. The first-order valence-electron chi connectivity index (χ1n) is 2.57. The number of aliphatic hydroxyl groups excluding tert-OH is 1. The van der Waals surface area contributed by atoms with Crippen molar-refractivity contribution in [2.24, 2.45) is 0 Å². The Morgan fingerprint density at radius 3 is 2.75 bits per heavy atom. The summed E-state index contributed by atoms with van der Waals surface area (Å²) in [7, 11) is 1.68. The molecule has 0 heterocycles. The molecule has 0 aliphatic carbocycles. The Morgan fingerprint density at radius 1 is 1.75 bits per heavy atom. The standard InChI is InChI=1S/C5H11NO2/c1-6(5-8)3-2-4-7/h5,7H,2-4H2,1H3. The van der Waals surface area contributed by atoms with E-state index < -0.39 is 0 Å². The molecule has 3 nitrogen and oxygen atoms in total. The molecule has 1 amide bonds. The smallest absolute Gasteiger partial charge is 0.209 e. The fourth-order valence-corrected chi connectivity index (χ4v) is 0.373. The number of hydrogen-bond donors (Lipinski definition) is 1. The van der Waals surface area contributed by atoms with Gasteiger partial charge in [-0.2, -0.15) is 0 Å². The van der Waals surface area contributed by atoms with Crippen LogP contribution in [-0.2, 0) is 4.79 Å². The number of nitrogens with zero attached hydrogens (tertiary/aromatic N) is 1. The van der Waals surface area contributed by atoms with Gasteiger partial charge < -0.3 is 10.0 Å². The molecule has 1 N–H and O–H groups in total. The highest BCUT2D eigenvalue weighted by Crippen LogP contribution is 1.79. The topological polar surface area (TPSA) is 40.5 Å². The van der Waals surface area contributed by atoms with Crippen LogP contribution in [0.3, 0.4) is 0 Å². The quantitative estimate of drug-likeness (QED) is 0.502. The van der Waals surface area contributed by atoms with E-state index in [2.05, 4.69) is 0 Å². The lowest BCUT2D eigenvalue weighted by Gasteiger charge is -2.06. The molecule has 0 aromatic rings. The summed E-state index contributed by atoms with van der Waals surface area (Å²) in [5.74, 6) is 0. The Kier molecular flexibility index (Phi) is 4.26. The Bertz CT molecular complexity index is 65.4. The maximum atomic E-state index is 9.85. The first kappa shape index (κ1) is 7.43. The van der Waals surface area contributed by atoms with Gasteiger partial charge in [0.2, 0.25) is 6.41 Å². The summed E-state index contributed by atoms with van der Waals surface area (Å²) >= 11 is 0. The SMILES string of the molecule is CN(C=O)CCCO. The molecule has 0 bridgehead atoms. The molecule has 0 rings (SSSR count). The van der Waals surface area contributed by atoms with E-state index >= 15 is 0 Å². The van der Waals surface area contributed by atoms with Gasteiger partial charge in [0.15, 0.2) is 0 Å². The first-order valence-corrected chi connectivity index (χ1v) is 2.57. The van der Waals surface area contributed by atoms with Crippen molar-refractivity contribution in [2.45, 2.75) is 6.42 Å². The molecule has 0 unspecified atom stereocenters. The summed E-state index contributed by atoms with van der Waals surface area (Å²) in [6.07, 6.45) is 1.41. The molecular formula is C5H11NO2. The third-order valence-electron chi connectivity index (χ3n) is 0.849. The zero-order valence-electron chi connectivity index (χ0n) is 5.00. The van der Waals surface area contributed by atoms with Crippen molar-refractivity contribution in [1.29, 1.82) is 0 Å². The fraction of sp³-hybridized carbons (Fsp3) is 0.800. The highest BCUT2D eigenvalue weighted by atomic mass is 16.3. The Morgan fingerprint density at radius 2 is 2.38 bits per heavy atom. The van der Waals surface area contributed by atoms with Gasteiger partial charge in [0, 0.05) is 20.2 Å². The van der Waals surface area contributed by atoms with Crippen LogP contribution in [0, 0.1) is 0 Å². The summed E-state index contributed by atoms with van der Waals surface area (Å²) in [4.78, 5) is 11.4. The van der Waals surface area contributed by atoms with Crippen molar-refractivity contribution in [2.75, 3.05) is 20.2 Å². The zero-order valence-corrected chi connectivity index (χ0v) is 5.00. The van der Waals surface area contributed by atoms with Crippen LogP contribution >= 0.6 is 0 Å². The highest BCUT2D eigenvalue weighted by Gasteiger charge is 1.88. The predicted octanol–water partition coefficient (Wildman–Crippen LogP) is -0.543. The molecule has 0 atom stereocenters. The lowest BCUT2D eigenvalue weighted by molar-refractivity contribution is -0.117. The van der Waals surface area contributed by atoms with E-state index in [1.807, 2.05) is 0 Å². The van der Waals surface area contributed by atoms with Crippen molar-refractivity contribution >= 4 is 6.41 Å². The molecular weight excluding hydrogens is 106 g/mol. The average Bonchev–Trinajstić information content (AvgIpc) is 1.83. The van der Waals surface area contributed by atoms with Gasteiger partial charge in [-0.1, -0.05) is 0 Å². The van der Waals surface area contributed by atoms with Gasteiger partial charge in [0.1, 0.15) is 0 Å². The second kappa shape index (κ2) is 4.59. The maximum absolute atomic E-state index is 9.85. The van der Waals surface area contributed by atoms with Gasteiger partial charge in [-0.05, 0) is 6.42 Å². The van der Waals surface area contributed by atoms with E-state index in [0.717, 1.165) is 6.41 Å². The molecule has 0 aliphatic heterocycles. The van der Waals surface area contributed by atoms with Crippen LogP contribution in [0.1, 0.15) is 6.42 Å². The van der Waals surface area contributed by atoms with Crippen molar-refractivity contribution in [3.8, 4) is 0 Å². The second-order valence-corrected chi connectivity index (χ2v) is 1.66. The molecule has 0 aromatic carbocycles. The van der Waals surface area contributed by atoms with Gasteiger partial charge in [-0.15, -0.1) is 0 Å². The monoisotopic (exact) mass is 117 g/mol. The van der Waals surface area contributed by atoms with Gasteiger partial charge in [0.05, 0.1) is 0 Å². The maximum Gasteiger partial charge on any atom is 0.209 e. The van der Waals surface area contributed by atoms with Gasteiger partial charge in [-0.3, -0.25) is 4.79 Å². The molecule has 0 spiro atoms. The van der Waals surface area contributed by atoms with Crippen molar-refractivity contribution in [3.05, 3.63) is 0 Å². The van der Waals surface area contributed by atoms with Gasteiger partial charge in [0.25, 0.3) is 0 Å². The van der Waals surface area contributed by atoms with Crippen LogP contribution in [0.15, 0.2) is 0 Å². The van der Waals surface area contributed by atoms with Gasteiger partial charge in [-0.25, -0.2) is 0 Å². The number of hydrogen-bond acceptors (Lipinski definition) is 2. The van der Waals surface area contributed by atoms with Crippen molar-refractivity contribution < 1.29 is 9.90 Å². The van der Waals surface area contributed by atoms with Crippen LogP contribution < -0.4 is 0 Å². The Hall–Kier alpha value is -0.570. The molecule has 0 radical (unpaired) electrons. The number of aliphatic hydroxyl groups is 1. The lowest BCUT2D eigenvalue weighted by atomic mass is 10.4. The molecule has 0 saturated heterocycles. The van der Waals surface area contributed by atoms with Crippen LogP contribution in [0.2, 0.25) is 0 Å². The number of rotatable bonds is 4. The van der Waals surface area contributed by atoms with Crippen LogP contribution in [0.5, 0.6) is 0 Å². The summed E-state index contributed by atoms with van der Waals surface area (Å²) < 4.78 is 0. The molecule has 0 saturated carbocycles. The minimum Gasteiger partial charge on any atom is -0.396 e. The molecule has 0 aliphatic rings. The van der Waals surface area contributed by atoms with E-state index in [0.29, 0.717) is 13.0 Å². The summed E-state index contributed by atoms with van der Waals surface area (Å²) in [5.41, 5.74) is 0. The van der Waals surface area contributed by atoms with Crippen LogP contribution in [0.25, 0.3) is 0 Å². The minimum atomic E-state index is 0.151. The summed E-state index contributed by atoms with van der Waals surface area (Å²) in [6.45, 7) is 0.790. The second-order valence-electron chi connectivity index (χ2n) is 1.66. The Balaban J connectivity index is 2.98. The third-order valence-corrected chi connectivity index (χ3v) is 0.849. The first-order chi connectivity index (χ1) is 3.81. The minimum absolute atomic E-state index is 0.151. The normalized spacial score (nSPS) is 8.75. The van der Waals surface area contributed by atoms with E-state index in [-0.39, 0.29) is 6.61 Å². The summed E-state index contributed by atoms with van der Waals surface area (Å²) in [6, 6.07) is 0. The molecule has 0 fully saturated rings. The molecule has 48 valence electrons. The van der Waals surface area contributed by atoms with E-state index in [4.69, 9.17) is 5.11 Å². The van der Waals surface area contributed by atoms with Crippen molar-refractivity contribution in [1.82, 2.24) is 4.90 Å². The van der Waals surface area contributed by atoms with Gasteiger partial charge >= 0.3 is 0 Å². The van der Waals surface area contributed by atoms with E-state index in [1.165, 1.54) is 4.90 Å². The molecule has 3 heteroatoms. The highest BCUT2D eigenvalue weighted by molar-refractivity contribution is 5.46. The van der Waals surface area contributed by atoms with E-state index in [9.17, 15) is 4.79 Å². The summed E-state index contributed by atoms with van der Waals surface area (Å²) in [5, 5.41) is 8.27. The third kappa shape index (κ3) is 3.61. The number of carbonyl (C=O) groups excluding carboxylic acids is 1. The van der Waals surface area contributed by atoms with Crippen LogP contribution in [0.4, 0.5) is 0 Å². The average molecular weight is 117 g/mol. The lowest BCUT2D eigenvalue weighted by Crippen LogP contribution is -2.17. The number of amides is 1. The molecule has 8 heavy (non-hydrogen) atoms. The zero-order chi connectivity index (χ0) is 6.41.